The molecule has 1 aromatic heterocycles. The average molecular weight is 215 g/mol. The number of rotatable bonds is 1. The number of piperidine rings is 1. The average Bonchev–Trinajstić information content (AvgIpc) is 2.33. The van der Waals surface area contributed by atoms with E-state index in [9.17, 15) is 0 Å². The molecule has 0 aliphatic carbocycles. The van der Waals surface area contributed by atoms with Crippen LogP contribution in [0.15, 0.2) is 18.3 Å². The largest absolute Gasteiger partial charge is 0.371 e. The molecule has 2 heterocycles. The van der Waals surface area contributed by atoms with Crippen LogP contribution >= 0.6 is 0 Å². The Hall–Kier alpha value is -1.56. The molecule has 1 aromatic rings. The van der Waals surface area contributed by atoms with E-state index < -0.39 is 0 Å². The van der Waals surface area contributed by atoms with Crippen molar-refractivity contribution >= 4 is 5.69 Å². The Morgan fingerprint density at radius 1 is 1.44 bits per heavy atom. The number of pyridine rings is 1. The Bertz CT molecular complexity index is 408. The van der Waals surface area contributed by atoms with Crippen LogP contribution in [0, 0.1) is 23.2 Å². The molecule has 0 aromatic carbocycles. The zero-order chi connectivity index (χ0) is 11.5. The Morgan fingerprint density at radius 3 is 2.94 bits per heavy atom. The molecule has 2 unspecified atom stereocenters. The minimum Gasteiger partial charge on any atom is -0.371 e. The van der Waals surface area contributed by atoms with Crippen LogP contribution in [0.25, 0.3) is 0 Å². The normalized spacial score (nSPS) is 25.2. The van der Waals surface area contributed by atoms with Gasteiger partial charge in [0.1, 0.15) is 11.8 Å². The van der Waals surface area contributed by atoms with Crippen molar-refractivity contribution in [2.24, 2.45) is 11.8 Å². The standard InChI is InChI=1S/C13H17N3/c1-10-4-6-16(9-11(10)2)13-3-5-15-12(7-13)8-14/h3,5,7,10-11H,4,6,9H2,1-2H3. The first kappa shape index (κ1) is 10.9. The molecule has 1 fully saturated rings. The van der Waals surface area contributed by atoms with Crippen LogP contribution in [0.1, 0.15) is 26.0 Å². The summed E-state index contributed by atoms with van der Waals surface area (Å²) in [5.74, 6) is 1.51. The summed E-state index contributed by atoms with van der Waals surface area (Å²) in [6, 6.07) is 5.96. The van der Waals surface area contributed by atoms with Crippen molar-refractivity contribution in [3.8, 4) is 6.07 Å². The summed E-state index contributed by atoms with van der Waals surface area (Å²) in [4.78, 5) is 6.35. The molecule has 0 N–H and O–H groups in total. The molecule has 0 amide bonds. The summed E-state index contributed by atoms with van der Waals surface area (Å²) < 4.78 is 0. The van der Waals surface area contributed by atoms with Crippen LogP contribution in [0.2, 0.25) is 0 Å². The minimum absolute atomic E-state index is 0.503. The molecule has 3 nitrogen and oxygen atoms in total. The lowest BCUT2D eigenvalue weighted by Crippen LogP contribution is -2.38. The number of hydrogen-bond acceptors (Lipinski definition) is 3. The molecule has 0 saturated carbocycles. The molecule has 2 rings (SSSR count). The van der Waals surface area contributed by atoms with Crippen molar-refractivity contribution in [1.29, 1.82) is 5.26 Å². The third kappa shape index (κ3) is 2.16. The number of nitriles is 1. The van der Waals surface area contributed by atoms with Crippen molar-refractivity contribution in [3.05, 3.63) is 24.0 Å². The lowest BCUT2D eigenvalue weighted by molar-refractivity contribution is 0.324. The van der Waals surface area contributed by atoms with E-state index in [1.165, 1.54) is 6.42 Å². The van der Waals surface area contributed by atoms with Gasteiger partial charge in [0.15, 0.2) is 0 Å². The van der Waals surface area contributed by atoms with Gasteiger partial charge < -0.3 is 4.90 Å². The maximum atomic E-state index is 8.82. The Labute approximate surface area is 96.7 Å². The fourth-order valence-electron chi connectivity index (χ4n) is 2.17. The van der Waals surface area contributed by atoms with Gasteiger partial charge in [-0.25, -0.2) is 4.98 Å². The van der Waals surface area contributed by atoms with E-state index in [-0.39, 0.29) is 0 Å². The van der Waals surface area contributed by atoms with Crippen molar-refractivity contribution < 1.29 is 0 Å². The fraction of sp³-hybridized carbons (Fsp3) is 0.538. The first-order valence-electron chi connectivity index (χ1n) is 5.82. The summed E-state index contributed by atoms with van der Waals surface area (Å²) in [5.41, 5.74) is 1.63. The molecule has 1 saturated heterocycles. The van der Waals surface area contributed by atoms with Crippen molar-refractivity contribution in [2.45, 2.75) is 20.3 Å². The second-order valence-corrected chi connectivity index (χ2v) is 4.70. The molecule has 84 valence electrons. The van der Waals surface area contributed by atoms with Gasteiger partial charge in [0.2, 0.25) is 0 Å². The summed E-state index contributed by atoms with van der Waals surface area (Å²) in [6.07, 6.45) is 2.95. The van der Waals surface area contributed by atoms with Crippen molar-refractivity contribution in [2.75, 3.05) is 18.0 Å². The first-order chi connectivity index (χ1) is 7.70. The topological polar surface area (TPSA) is 39.9 Å². The second kappa shape index (κ2) is 4.52. The molecule has 16 heavy (non-hydrogen) atoms. The minimum atomic E-state index is 0.503. The fourth-order valence-corrected chi connectivity index (χ4v) is 2.17. The highest BCUT2D eigenvalue weighted by Crippen LogP contribution is 2.26. The predicted molar refractivity (Wildman–Crippen MR) is 64.1 cm³/mol. The van der Waals surface area contributed by atoms with Crippen LogP contribution in [0.4, 0.5) is 5.69 Å². The maximum absolute atomic E-state index is 8.82. The van der Waals surface area contributed by atoms with Gasteiger partial charge in [-0.05, 0) is 30.4 Å². The smallest absolute Gasteiger partial charge is 0.142 e. The second-order valence-electron chi connectivity index (χ2n) is 4.70. The van der Waals surface area contributed by atoms with E-state index in [2.05, 4.69) is 29.8 Å². The van der Waals surface area contributed by atoms with Crippen LogP contribution < -0.4 is 4.90 Å². The van der Waals surface area contributed by atoms with E-state index >= 15 is 0 Å². The Morgan fingerprint density at radius 2 is 2.25 bits per heavy atom. The van der Waals surface area contributed by atoms with Gasteiger partial charge in [-0.3, -0.25) is 0 Å². The predicted octanol–water partition coefficient (Wildman–Crippen LogP) is 2.44. The summed E-state index contributed by atoms with van der Waals surface area (Å²) in [7, 11) is 0. The van der Waals surface area contributed by atoms with Gasteiger partial charge in [-0.15, -0.1) is 0 Å². The van der Waals surface area contributed by atoms with E-state index in [0.717, 1.165) is 24.7 Å². The highest BCUT2D eigenvalue weighted by Gasteiger charge is 2.22. The highest BCUT2D eigenvalue weighted by atomic mass is 15.1. The van der Waals surface area contributed by atoms with Gasteiger partial charge in [0.25, 0.3) is 0 Å². The van der Waals surface area contributed by atoms with Crippen LogP contribution in [-0.4, -0.2) is 18.1 Å². The zero-order valence-corrected chi connectivity index (χ0v) is 9.85. The number of hydrogen-bond donors (Lipinski definition) is 0. The van der Waals surface area contributed by atoms with Crippen LogP contribution in [0.3, 0.4) is 0 Å². The lowest BCUT2D eigenvalue weighted by atomic mass is 9.88. The zero-order valence-electron chi connectivity index (χ0n) is 9.85. The summed E-state index contributed by atoms with van der Waals surface area (Å²) in [6.45, 7) is 6.77. The molecule has 3 heteroatoms. The van der Waals surface area contributed by atoms with Gasteiger partial charge >= 0.3 is 0 Å². The molecule has 1 aliphatic heterocycles. The van der Waals surface area contributed by atoms with E-state index in [1.54, 1.807) is 6.20 Å². The van der Waals surface area contributed by atoms with Gasteiger partial charge in [-0.2, -0.15) is 5.26 Å². The Kier molecular flexibility index (Phi) is 3.09. The third-order valence-electron chi connectivity index (χ3n) is 3.56. The monoisotopic (exact) mass is 215 g/mol. The van der Waals surface area contributed by atoms with Gasteiger partial charge in [0.05, 0.1) is 0 Å². The summed E-state index contributed by atoms with van der Waals surface area (Å²) >= 11 is 0. The lowest BCUT2D eigenvalue weighted by Gasteiger charge is -2.36. The number of anilines is 1. The van der Waals surface area contributed by atoms with Gasteiger partial charge in [-0.1, -0.05) is 13.8 Å². The summed E-state index contributed by atoms with van der Waals surface area (Å²) in [5, 5.41) is 8.82. The van der Waals surface area contributed by atoms with E-state index in [4.69, 9.17) is 5.26 Å². The molecule has 2 atom stereocenters. The molecular weight excluding hydrogens is 198 g/mol. The number of aromatic nitrogens is 1. The molecule has 0 spiro atoms. The number of nitrogens with zero attached hydrogens (tertiary/aromatic N) is 3. The Balaban J connectivity index is 2.16. The van der Waals surface area contributed by atoms with Crippen LogP contribution in [-0.2, 0) is 0 Å². The first-order valence-corrected chi connectivity index (χ1v) is 5.82. The SMILES string of the molecule is CC1CCN(c2ccnc(C#N)c2)CC1C. The molecule has 0 bridgehead atoms. The van der Waals surface area contributed by atoms with E-state index in [0.29, 0.717) is 11.6 Å². The molecule has 0 radical (unpaired) electrons. The quantitative estimate of drug-likeness (QED) is 0.722. The molecular formula is C13H17N3. The van der Waals surface area contributed by atoms with E-state index in [1.807, 2.05) is 12.1 Å². The van der Waals surface area contributed by atoms with Crippen molar-refractivity contribution in [3.63, 3.8) is 0 Å². The maximum Gasteiger partial charge on any atom is 0.142 e. The van der Waals surface area contributed by atoms with Crippen molar-refractivity contribution in [1.82, 2.24) is 4.98 Å². The highest BCUT2D eigenvalue weighted by molar-refractivity contribution is 5.49. The third-order valence-corrected chi connectivity index (χ3v) is 3.56. The van der Waals surface area contributed by atoms with Gasteiger partial charge in [0, 0.05) is 25.0 Å². The van der Waals surface area contributed by atoms with Crippen LogP contribution in [0.5, 0.6) is 0 Å². The molecule has 1 aliphatic rings.